The summed E-state index contributed by atoms with van der Waals surface area (Å²) < 4.78 is 0. The van der Waals surface area contributed by atoms with Gasteiger partial charge in [0, 0.05) is 5.41 Å². The van der Waals surface area contributed by atoms with Crippen molar-refractivity contribution in [2.24, 2.45) is 0 Å². The first-order valence-corrected chi connectivity index (χ1v) is 51.3. The van der Waals surface area contributed by atoms with Gasteiger partial charge in [0.25, 0.3) is 0 Å². The van der Waals surface area contributed by atoms with E-state index in [-0.39, 0.29) is 5.41 Å². The SMILES string of the molecule is CC1(C)c2ccccc2-c2ccc(-c3ccc4c(-c5ccc6ccccc6c5)c5ccccc5c(-c5ccc6ccccc6c5)c4c3)cc21.c1ccc2cc(-c3c4ccccc4c(-c4ccc5ccccc5c4)c4cc(-c5cc6ccccc6c6ccccc56)ccc34)ccc2c1.c1ccc2cc(-c3c4ccccc4c(-c4ccc5ccccc5c4)c4cc(-c5ccc(-c6cccc7ccccc67)cc5)ccc34)ccc2c1. The van der Waals surface area contributed by atoms with E-state index in [1.807, 2.05) is 0 Å². The Morgan fingerprint density at radius 3 is 0.748 bits per heavy atom. The summed E-state index contributed by atoms with van der Waals surface area (Å²) in [6, 6.07) is 202. The van der Waals surface area contributed by atoms with Gasteiger partial charge < -0.3 is 0 Å². The van der Waals surface area contributed by atoms with Crippen molar-refractivity contribution < 1.29 is 0 Å². The molecule has 0 fully saturated rings. The van der Waals surface area contributed by atoms with Gasteiger partial charge in [-0.3, -0.25) is 0 Å². The van der Waals surface area contributed by atoms with E-state index >= 15 is 0 Å². The molecule has 30 rings (SSSR count). The second-order valence-electron chi connectivity index (χ2n) is 40.3. The summed E-state index contributed by atoms with van der Waals surface area (Å²) in [6.45, 7) is 4.73. The number of rotatable bonds is 10. The second-order valence-corrected chi connectivity index (χ2v) is 40.3. The Hall–Kier alpha value is -18.7. The molecule has 0 aromatic heterocycles. The Bertz CT molecular complexity index is 10500. The van der Waals surface area contributed by atoms with Crippen LogP contribution >= 0.6 is 0 Å². The van der Waals surface area contributed by atoms with Gasteiger partial charge in [0.05, 0.1) is 0 Å². The molecule has 29 aromatic rings. The van der Waals surface area contributed by atoms with Crippen molar-refractivity contribution in [2.75, 3.05) is 0 Å². The lowest BCUT2D eigenvalue weighted by Crippen LogP contribution is -2.14. The van der Waals surface area contributed by atoms with E-state index in [0.717, 1.165) is 0 Å². The molecule has 0 saturated heterocycles. The molecule has 0 heterocycles. The van der Waals surface area contributed by atoms with Crippen LogP contribution in [0, 0.1) is 0 Å². The maximum Gasteiger partial charge on any atom is 0.0159 e. The monoisotopic (exact) mass is 1860 g/mol. The molecule has 0 aliphatic heterocycles. The third-order valence-corrected chi connectivity index (χ3v) is 31.6. The molecule has 0 atom stereocenters. The molecule has 147 heavy (non-hydrogen) atoms. The molecule has 0 bridgehead atoms. The van der Waals surface area contributed by atoms with E-state index in [0.29, 0.717) is 0 Å². The Kier molecular flexibility index (Phi) is 20.8. The van der Waals surface area contributed by atoms with Crippen LogP contribution in [0.4, 0.5) is 0 Å². The number of hydrogen-bond donors (Lipinski definition) is 0. The average Bonchev–Trinajstić information content (AvgIpc) is 1.57. The maximum absolute atomic E-state index is 2.45. The molecule has 0 amide bonds. The van der Waals surface area contributed by atoms with Gasteiger partial charge in [0.1, 0.15) is 0 Å². The van der Waals surface area contributed by atoms with Crippen LogP contribution in [0.25, 0.3) is 284 Å². The largest absolute Gasteiger partial charge is 0.0619 e. The van der Waals surface area contributed by atoms with E-state index in [4.69, 9.17) is 0 Å². The number of fused-ring (bicyclic) bond motifs is 19. The number of benzene rings is 29. The van der Waals surface area contributed by atoms with Crippen molar-refractivity contribution >= 4 is 162 Å². The Morgan fingerprint density at radius 2 is 0.347 bits per heavy atom. The van der Waals surface area contributed by atoms with Crippen LogP contribution in [0.2, 0.25) is 0 Å². The molecule has 29 aromatic carbocycles. The summed E-state index contributed by atoms with van der Waals surface area (Å²) in [5, 5.41) is 38.0. The zero-order valence-electron chi connectivity index (χ0n) is 81.5. The molecule has 0 unspecified atom stereocenters. The van der Waals surface area contributed by atoms with Crippen LogP contribution in [-0.2, 0) is 5.41 Å². The minimum atomic E-state index is -0.0471. The van der Waals surface area contributed by atoms with Crippen molar-refractivity contribution in [1.82, 2.24) is 0 Å². The summed E-state index contributed by atoms with van der Waals surface area (Å²) in [4.78, 5) is 0. The smallest absolute Gasteiger partial charge is 0.0159 e. The van der Waals surface area contributed by atoms with Crippen LogP contribution in [0.3, 0.4) is 0 Å². The molecule has 0 heteroatoms. The van der Waals surface area contributed by atoms with Gasteiger partial charge in [-0.25, -0.2) is 0 Å². The molecule has 684 valence electrons. The van der Waals surface area contributed by atoms with Gasteiger partial charge in [-0.1, -0.05) is 493 Å². The first-order valence-electron chi connectivity index (χ1n) is 51.3. The first-order chi connectivity index (χ1) is 72.6. The van der Waals surface area contributed by atoms with Crippen LogP contribution in [0.5, 0.6) is 0 Å². The van der Waals surface area contributed by atoms with E-state index in [1.165, 1.54) is 295 Å². The molecule has 0 N–H and O–H groups in total. The lowest BCUT2D eigenvalue weighted by atomic mass is 9.81. The van der Waals surface area contributed by atoms with Crippen LogP contribution in [0.15, 0.2) is 546 Å². The second kappa shape index (κ2) is 35.5. The van der Waals surface area contributed by atoms with Crippen molar-refractivity contribution in [3.05, 3.63) is 557 Å². The molecular weight excluding hydrogens is 1770 g/mol. The first kappa shape index (κ1) is 86.2. The Labute approximate surface area is 853 Å². The molecule has 0 spiro atoms. The summed E-state index contributed by atoms with van der Waals surface area (Å²) in [5.41, 5.74) is 30.5. The fraction of sp³-hybridized carbons (Fsp3) is 0.0204. The highest BCUT2D eigenvalue weighted by Crippen LogP contribution is 2.54. The predicted molar refractivity (Wildman–Crippen MR) is 634 cm³/mol. The average molecular weight is 1860 g/mol. The standard InChI is InChI=1S/C50H32.C49H34.C48H30/c1-3-13-38-30-41(26-22-33(38)10-1)49-45-17-7-8-18-46(45)50(42-27-23-34-11-2-4-14-39(34)31-42)48-32-40(28-29-47(48)49)35-20-24-37(25-21-35)44-19-9-15-36-12-5-6-16-43(36)44;1-49(2)45-18-10-9-15-39(45)40-25-23-36(30-46(40)49)35-24-26-43-44(29-35)48(38-22-20-32-12-4-6-14-34(32)28-38)42-17-8-7-16-41(42)47(43)37-21-19-31-11-3-5-13-33(31)27-37;1-3-13-33-27-37(23-21-31(33)11-1)47-42-19-9-10-20-43(42)48(38-24-22-32-12-2-4-14-34(32)28-38)46-30-36(25-26-44(46)47)45-29-35-15-5-6-16-39(35)40-17-7-8-18-41(40)45/h1-32H;3-30H,1-2H3;1-30H. The summed E-state index contributed by atoms with van der Waals surface area (Å²) in [7, 11) is 0. The normalized spacial score (nSPS) is 12.2. The van der Waals surface area contributed by atoms with Crippen LogP contribution in [0.1, 0.15) is 25.0 Å². The minimum absolute atomic E-state index is 0.0471. The van der Waals surface area contributed by atoms with E-state index in [9.17, 15) is 0 Å². The Morgan fingerprint density at radius 1 is 0.102 bits per heavy atom. The van der Waals surface area contributed by atoms with Crippen molar-refractivity contribution in [3.63, 3.8) is 0 Å². The lowest BCUT2D eigenvalue weighted by Gasteiger charge is -2.22. The van der Waals surface area contributed by atoms with Crippen molar-refractivity contribution in [1.29, 1.82) is 0 Å². The quantitative estimate of drug-likeness (QED) is 0.0946. The van der Waals surface area contributed by atoms with Crippen LogP contribution < -0.4 is 0 Å². The van der Waals surface area contributed by atoms with Gasteiger partial charge >= 0.3 is 0 Å². The number of hydrogen-bond acceptors (Lipinski definition) is 0. The van der Waals surface area contributed by atoms with E-state index in [2.05, 4.69) is 560 Å². The van der Waals surface area contributed by atoms with Crippen LogP contribution in [-0.4, -0.2) is 0 Å². The van der Waals surface area contributed by atoms with E-state index < -0.39 is 0 Å². The topological polar surface area (TPSA) is 0 Å². The fourth-order valence-electron chi connectivity index (χ4n) is 24.5. The van der Waals surface area contributed by atoms with Gasteiger partial charge in [-0.2, -0.15) is 0 Å². The van der Waals surface area contributed by atoms with Crippen molar-refractivity contribution in [2.45, 2.75) is 19.3 Å². The molecule has 1 aliphatic carbocycles. The Balaban J connectivity index is 0.000000107. The highest BCUT2D eigenvalue weighted by Gasteiger charge is 2.36. The zero-order chi connectivity index (χ0) is 97.3. The molecule has 0 saturated carbocycles. The molecular formula is C147H96. The lowest BCUT2D eigenvalue weighted by molar-refractivity contribution is 0.660. The summed E-state index contributed by atoms with van der Waals surface area (Å²) in [6.07, 6.45) is 0. The van der Waals surface area contributed by atoms with Gasteiger partial charge in [0.15, 0.2) is 0 Å². The highest BCUT2D eigenvalue weighted by atomic mass is 14.4. The minimum Gasteiger partial charge on any atom is -0.0619 e. The van der Waals surface area contributed by atoms with Gasteiger partial charge in [0.2, 0.25) is 0 Å². The molecule has 0 radical (unpaired) electrons. The fourth-order valence-corrected chi connectivity index (χ4v) is 24.5. The highest BCUT2D eigenvalue weighted by molar-refractivity contribution is 6.27. The summed E-state index contributed by atoms with van der Waals surface area (Å²) in [5.74, 6) is 0. The van der Waals surface area contributed by atoms with E-state index in [1.54, 1.807) is 0 Å². The van der Waals surface area contributed by atoms with Gasteiger partial charge in [-0.05, 0) is 362 Å². The maximum atomic E-state index is 2.45. The zero-order valence-corrected chi connectivity index (χ0v) is 81.5. The third kappa shape index (κ3) is 14.9. The molecule has 1 aliphatic rings. The molecule has 0 nitrogen and oxygen atoms in total. The third-order valence-electron chi connectivity index (χ3n) is 31.6. The summed E-state index contributed by atoms with van der Waals surface area (Å²) >= 11 is 0. The predicted octanol–water partition coefficient (Wildman–Crippen LogP) is 41.3. The van der Waals surface area contributed by atoms with Gasteiger partial charge in [-0.15, -0.1) is 0 Å². The van der Waals surface area contributed by atoms with Crippen molar-refractivity contribution in [3.8, 4) is 122 Å².